The van der Waals surface area contributed by atoms with Crippen molar-refractivity contribution in [2.24, 2.45) is 0 Å². The van der Waals surface area contributed by atoms with Crippen LogP contribution in [0.1, 0.15) is 36.5 Å². The molecule has 1 aliphatic rings. The fourth-order valence-corrected chi connectivity index (χ4v) is 4.54. The fraction of sp³-hybridized carbons (Fsp3) is 0.391. The summed E-state index contributed by atoms with van der Waals surface area (Å²) in [5, 5.41) is 12.6. The summed E-state index contributed by atoms with van der Waals surface area (Å²) in [5.41, 5.74) is 4.41. The number of benzene rings is 2. The second-order valence-electron chi connectivity index (χ2n) is 7.95. The number of thioether (sulfide) groups is 1. The Morgan fingerprint density at radius 1 is 1.09 bits per heavy atom. The lowest BCUT2D eigenvalue weighted by Gasteiger charge is -2.29. The molecule has 0 bridgehead atoms. The van der Waals surface area contributed by atoms with Gasteiger partial charge >= 0.3 is 0 Å². The number of tetrazole rings is 1. The van der Waals surface area contributed by atoms with Gasteiger partial charge in [0.15, 0.2) is 11.5 Å². The van der Waals surface area contributed by atoms with E-state index in [-0.39, 0.29) is 11.7 Å². The van der Waals surface area contributed by atoms with E-state index in [1.165, 1.54) is 22.9 Å². The van der Waals surface area contributed by atoms with E-state index in [1.807, 2.05) is 29.2 Å². The van der Waals surface area contributed by atoms with Gasteiger partial charge in [-0.3, -0.25) is 4.79 Å². The van der Waals surface area contributed by atoms with Gasteiger partial charge in [0.1, 0.15) is 0 Å². The molecule has 168 valence electrons. The summed E-state index contributed by atoms with van der Waals surface area (Å²) in [7, 11) is 3.25. The number of amides is 1. The maximum absolute atomic E-state index is 12.9. The number of methoxy groups -OCH3 is 2. The molecule has 1 aromatic heterocycles. The Bertz CT molecular complexity index is 1100. The van der Waals surface area contributed by atoms with Crippen LogP contribution in [0.25, 0.3) is 5.69 Å². The quantitative estimate of drug-likeness (QED) is 0.507. The molecule has 0 N–H and O–H groups in total. The highest BCUT2D eigenvalue weighted by Gasteiger charge is 2.23. The lowest BCUT2D eigenvalue weighted by atomic mass is 9.99. The maximum atomic E-state index is 12.9. The van der Waals surface area contributed by atoms with E-state index in [1.54, 1.807) is 18.9 Å². The van der Waals surface area contributed by atoms with Gasteiger partial charge in [-0.2, -0.15) is 4.68 Å². The SMILES string of the molecule is COc1cc2c(cc1OC)CN(C(=O)CSc1nnnn1-c1ccc(C(C)C)cc1)CC2. The molecule has 2 heterocycles. The van der Waals surface area contributed by atoms with E-state index in [2.05, 4.69) is 41.5 Å². The van der Waals surface area contributed by atoms with E-state index >= 15 is 0 Å². The Balaban J connectivity index is 1.42. The Hall–Kier alpha value is -3.07. The van der Waals surface area contributed by atoms with Crippen LogP contribution in [0, 0.1) is 0 Å². The molecule has 1 amide bonds. The summed E-state index contributed by atoms with van der Waals surface area (Å²) in [6.45, 7) is 5.54. The van der Waals surface area contributed by atoms with Crippen molar-refractivity contribution in [2.75, 3.05) is 26.5 Å². The third kappa shape index (κ3) is 4.57. The standard InChI is InChI=1S/C23H27N5O3S/c1-15(2)16-5-7-19(8-6-16)28-23(24-25-26-28)32-14-22(29)27-10-9-17-11-20(30-3)21(31-4)12-18(17)13-27/h5-8,11-12,15H,9-10,13-14H2,1-4H3. The molecule has 0 unspecified atom stereocenters. The highest BCUT2D eigenvalue weighted by molar-refractivity contribution is 7.99. The molecule has 0 saturated heterocycles. The van der Waals surface area contributed by atoms with Crippen LogP contribution in [0.15, 0.2) is 41.6 Å². The molecule has 0 aliphatic carbocycles. The van der Waals surface area contributed by atoms with Crippen molar-refractivity contribution in [3.8, 4) is 17.2 Å². The topological polar surface area (TPSA) is 82.4 Å². The molecular weight excluding hydrogens is 426 g/mol. The van der Waals surface area contributed by atoms with Crippen molar-refractivity contribution in [3.05, 3.63) is 53.1 Å². The Kier molecular flexibility index (Phi) is 6.64. The molecule has 4 rings (SSSR count). The molecule has 32 heavy (non-hydrogen) atoms. The molecule has 0 saturated carbocycles. The van der Waals surface area contributed by atoms with Crippen LogP contribution in [-0.2, 0) is 17.8 Å². The number of ether oxygens (including phenoxy) is 2. The normalized spacial score (nSPS) is 13.2. The predicted octanol–water partition coefficient (Wildman–Crippen LogP) is 3.48. The van der Waals surface area contributed by atoms with Gasteiger partial charge in [-0.25, -0.2) is 0 Å². The zero-order valence-electron chi connectivity index (χ0n) is 18.7. The van der Waals surface area contributed by atoms with Crippen molar-refractivity contribution < 1.29 is 14.3 Å². The monoisotopic (exact) mass is 453 g/mol. The zero-order chi connectivity index (χ0) is 22.7. The number of nitrogens with zero attached hydrogens (tertiary/aromatic N) is 5. The molecule has 0 radical (unpaired) electrons. The second-order valence-corrected chi connectivity index (χ2v) is 8.89. The van der Waals surface area contributed by atoms with Crippen LogP contribution in [-0.4, -0.2) is 57.5 Å². The molecule has 0 spiro atoms. The number of carbonyl (C=O) groups excluding carboxylic acids is 1. The molecule has 2 aromatic carbocycles. The smallest absolute Gasteiger partial charge is 0.233 e. The average Bonchev–Trinajstić information content (AvgIpc) is 3.29. The van der Waals surface area contributed by atoms with Gasteiger partial charge < -0.3 is 14.4 Å². The Labute approximate surface area is 191 Å². The van der Waals surface area contributed by atoms with Gasteiger partial charge in [0.25, 0.3) is 0 Å². The third-order valence-corrected chi connectivity index (χ3v) is 6.54. The summed E-state index contributed by atoms with van der Waals surface area (Å²) in [6.07, 6.45) is 0.784. The van der Waals surface area contributed by atoms with Gasteiger partial charge in [-0.05, 0) is 63.7 Å². The largest absolute Gasteiger partial charge is 0.493 e. The highest BCUT2D eigenvalue weighted by atomic mass is 32.2. The van der Waals surface area contributed by atoms with Crippen LogP contribution in [0.4, 0.5) is 0 Å². The van der Waals surface area contributed by atoms with Crippen LogP contribution in [0.2, 0.25) is 0 Å². The summed E-state index contributed by atoms with van der Waals surface area (Å²) in [5.74, 6) is 2.18. The van der Waals surface area contributed by atoms with Crippen molar-refractivity contribution in [1.82, 2.24) is 25.1 Å². The molecule has 8 nitrogen and oxygen atoms in total. The second kappa shape index (κ2) is 9.60. The zero-order valence-corrected chi connectivity index (χ0v) is 19.6. The minimum atomic E-state index is 0.0557. The number of aromatic nitrogens is 4. The van der Waals surface area contributed by atoms with Crippen LogP contribution in [0.5, 0.6) is 11.5 Å². The molecular formula is C23H27N5O3S. The summed E-state index contributed by atoms with van der Waals surface area (Å²) in [6, 6.07) is 12.1. The van der Waals surface area contributed by atoms with Gasteiger partial charge in [-0.15, -0.1) is 5.10 Å². The number of hydrogen-bond acceptors (Lipinski definition) is 7. The molecule has 1 aliphatic heterocycles. The predicted molar refractivity (Wildman–Crippen MR) is 123 cm³/mol. The number of rotatable bonds is 7. The first-order valence-corrected chi connectivity index (χ1v) is 11.5. The number of fused-ring (bicyclic) bond motifs is 1. The Morgan fingerprint density at radius 2 is 1.78 bits per heavy atom. The van der Waals surface area contributed by atoms with E-state index in [0.717, 1.165) is 23.4 Å². The minimum absolute atomic E-state index is 0.0557. The average molecular weight is 454 g/mol. The van der Waals surface area contributed by atoms with Crippen molar-refractivity contribution >= 4 is 17.7 Å². The van der Waals surface area contributed by atoms with Crippen molar-refractivity contribution in [1.29, 1.82) is 0 Å². The van der Waals surface area contributed by atoms with Crippen LogP contribution >= 0.6 is 11.8 Å². The number of hydrogen-bond donors (Lipinski definition) is 0. The van der Waals surface area contributed by atoms with E-state index < -0.39 is 0 Å². The van der Waals surface area contributed by atoms with Gasteiger partial charge in [0.2, 0.25) is 11.1 Å². The third-order valence-electron chi connectivity index (χ3n) is 5.64. The fourth-order valence-electron chi connectivity index (χ4n) is 3.75. The summed E-state index contributed by atoms with van der Waals surface area (Å²) < 4.78 is 12.5. The van der Waals surface area contributed by atoms with Crippen LogP contribution < -0.4 is 9.47 Å². The van der Waals surface area contributed by atoms with Gasteiger partial charge in [0, 0.05) is 13.1 Å². The lowest BCUT2D eigenvalue weighted by Crippen LogP contribution is -2.37. The molecule has 0 atom stereocenters. The summed E-state index contributed by atoms with van der Waals surface area (Å²) >= 11 is 1.35. The van der Waals surface area contributed by atoms with E-state index in [9.17, 15) is 4.79 Å². The van der Waals surface area contributed by atoms with E-state index in [0.29, 0.717) is 29.9 Å². The molecule has 3 aromatic rings. The first kappa shape index (κ1) is 22.1. The van der Waals surface area contributed by atoms with E-state index in [4.69, 9.17) is 9.47 Å². The first-order chi connectivity index (χ1) is 15.5. The van der Waals surface area contributed by atoms with Crippen LogP contribution in [0.3, 0.4) is 0 Å². The first-order valence-electron chi connectivity index (χ1n) is 10.5. The van der Waals surface area contributed by atoms with Gasteiger partial charge in [0.05, 0.1) is 25.7 Å². The van der Waals surface area contributed by atoms with Crippen molar-refractivity contribution in [2.45, 2.75) is 37.9 Å². The van der Waals surface area contributed by atoms with Crippen molar-refractivity contribution in [3.63, 3.8) is 0 Å². The molecule has 9 heteroatoms. The van der Waals surface area contributed by atoms with Gasteiger partial charge in [-0.1, -0.05) is 37.7 Å². The molecule has 0 fully saturated rings. The number of carbonyl (C=O) groups is 1. The summed E-state index contributed by atoms with van der Waals surface area (Å²) in [4.78, 5) is 14.8. The Morgan fingerprint density at radius 3 is 2.44 bits per heavy atom. The maximum Gasteiger partial charge on any atom is 0.233 e. The highest BCUT2D eigenvalue weighted by Crippen LogP contribution is 2.33. The lowest BCUT2D eigenvalue weighted by molar-refractivity contribution is -0.129. The minimum Gasteiger partial charge on any atom is -0.493 e.